The van der Waals surface area contributed by atoms with E-state index in [-0.39, 0.29) is 0 Å². The number of rotatable bonds is 4. The molecular weight excluding hydrogens is 253 g/mol. The number of alkyl halides is 3. The summed E-state index contributed by atoms with van der Waals surface area (Å²) in [6.07, 6.45) is -0.540. The summed E-state index contributed by atoms with van der Waals surface area (Å²) >= 11 is 0. The lowest BCUT2D eigenvalue weighted by Gasteiger charge is -1.93. The number of aromatic nitrogens is 2. The first-order valence-electron chi connectivity index (χ1n) is 5.36. The molecular formula is C10H15F3N2O3. The molecule has 1 rings (SSSR count). The number of aryl methyl sites for hydroxylation is 2. The van der Waals surface area contributed by atoms with Gasteiger partial charge in [0.1, 0.15) is 0 Å². The first-order chi connectivity index (χ1) is 8.27. The third kappa shape index (κ3) is 7.64. The Hall–Kier alpha value is -1.60. The molecule has 0 saturated carbocycles. The lowest BCUT2D eigenvalue weighted by molar-refractivity contribution is -0.192. The molecule has 18 heavy (non-hydrogen) atoms. The third-order valence-corrected chi connectivity index (χ3v) is 1.81. The maximum Gasteiger partial charge on any atom is 0.490 e. The molecule has 5 nitrogen and oxygen atoms in total. The molecule has 1 heterocycles. The van der Waals surface area contributed by atoms with Gasteiger partial charge in [0.2, 0.25) is 5.89 Å². The maximum atomic E-state index is 10.6. The maximum absolute atomic E-state index is 10.6. The molecule has 0 atom stereocenters. The summed E-state index contributed by atoms with van der Waals surface area (Å²) in [5.41, 5.74) is 0. The Bertz CT molecular complexity index is 363. The van der Waals surface area contributed by atoms with Crippen LogP contribution < -0.4 is 0 Å². The van der Waals surface area contributed by atoms with Crippen molar-refractivity contribution in [2.45, 2.75) is 45.7 Å². The van der Waals surface area contributed by atoms with E-state index in [1.54, 1.807) is 0 Å². The van der Waals surface area contributed by atoms with Crippen LogP contribution in [0.3, 0.4) is 0 Å². The van der Waals surface area contributed by atoms with Crippen LogP contribution in [0, 0.1) is 6.92 Å². The van der Waals surface area contributed by atoms with Crippen LogP contribution in [0.4, 0.5) is 13.2 Å². The highest BCUT2D eigenvalue weighted by Gasteiger charge is 2.38. The lowest BCUT2D eigenvalue weighted by Crippen LogP contribution is -2.21. The van der Waals surface area contributed by atoms with Gasteiger partial charge in [-0.05, 0) is 13.3 Å². The quantitative estimate of drug-likeness (QED) is 0.849. The second-order valence-corrected chi connectivity index (χ2v) is 3.50. The van der Waals surface area contributed by atoms with Crippen molar-refractivity contribution in [3.05, 3.63) is 11.7 Å². The van der Waals surface area contributed by atoms with Crippen LogP contribution in [-0.2, 0) is 11.2 Å². The van der Waals surface area contributed by atoms with Crippen LogP contribution >= 0.6 is 0 Å². The second-order valence-electron chi connectivity index (χ2n) is 3.50. The van der Waals surface area contributed by atoms with Gasteiger partial charge in [0.05, 0.1) is 0 Å². The summed E-state index contributed by atoms with van der Waals surface area (Å²) in [6.45, 7) is 4.02. The summed E-state index contributed by atoms with van der Waals surface area (Å²) in [4.78, 5) is 13.0. The molecule has 0 aromatic carbocycles. The minimum absolute atomic E-state index is 0.733. The number of unbranched alkanes of at least 4 members (excludes halogenated alkanes) is 2. The molecule has 1 aromatic rings. The van der Waals surface area contributed by atoms with Gasteiger partial charge in [0.25, 0.3) is 0 Å². The van der Waals surface area contributed by atoms with E-state index in [4.69, 9.17) is 14.4 Å². The van der Waals surface area contributed by atoms with Crippen molar-refractivity contribution in [2.75, 3.05) is 0 Å². The van der Waals surface area contributed by atoms with E-state index in [1.807, 2.05) is 6.92 Å². The smallest absolute Gasteiger partial charge is 0.475 e. The van der Waals surface area contributed by atoms with E-state index in [2.05, 4.69) is 17.1 Å². The number of carboxylic acids is 1. The van der Waals surface area contributed by atoms with Gasteiger partial charge in [-0.2, -0.15) is 18.2 Å². The highest BCUT2D eigenvalue weighted by Crippen LogP contribution is 2.13. The first-order valence-corrected chi connectivity index (χ1v) is 5.36. The summed E-state index contributed by atoms with van der Waals surface area (Å²) in [5, 5.41) is 10.8. The normalized spacial score (nSPS) is 10.7. The molecule has 0 aliphatic heterocycles. The summed E-state index contributed by atoms with van der Waals surface area (Å²) in [7, 11) is 0. The largest absolute Gasteiger partial charge is 0.490 e. The van der Waals surface area contributed by atoms with Crippen LogP contribution in [0.25, 0.3) is 0 Å². The molecule has 0 fully saturated rings. The Kier molecular flexibility index (Phi) is 6.99. The Balaban J connectivity index is 0.000000360. The molecule has 0 spiro atoms. The highest BCUT2D eigenvalue weighted by atomic mass is 19.4. The molecule has 0 aliphatic carbocycles. The predicted octanol–water partition coefficient (Wildman–Crippen LogP) is 2.74. The Labute approximate surface area is 102 Å². The molecule has 0 bridgehead atoms. The molecule has 1 N–H and O–H groups in total. The van der Waals surface area contributed by atoms with Gasteiger partial charge in [-0.3, -0.25) is 0 Å². The fraction of sp³-hybridized carbons (Fsp3) is 0.700. The van der Waals surface area contributed by atoms with E-state index >= 15 is 0 Å². The van der Waals surface area contributed by atoms with Crippen LogP contribution in [0.5, 0.6) is 0 Å². The molecule has 0 amide bonds. The minimum atomic E-state index is -5.08. The highest BCUT2D eigenvalue weighted by molar-refractivity contribution is 5.73. The zero-order chi connectivity index (χ0) is 14.2. The topological polar surface area (TPSA) is 76.2 Å². The molecule has 0 saturated heterocycles. The van der Waals surface area contributed by atoms with E-state index in [9.17, 15) is 13.2 Å². The number of hydrogen-bond donors (Lipinski definition) is 1. The summed E-state index contributed by atoms with van der Waals surface area (Å²) in [6, 6.07) is 0. The van der Waals surface area contributed by atoms with Crippen LogP contribution in [-0.4, -0.2) is 27.4 Å². The molecule has 0 aliphatic rings. The van der Waals surface area contributed by atoms with Gasteiger partial charge in [-0.1, -0.05) is 24.9 Å². The van der Waals surface area contributed by atoms with E-state index < -0.39 is 12.1 Å². The van der Waals surface area contributed by atoms with Crippen molar-refractivity contribution < 1.29 is 27.6 Å². The van der Waals surface area contributed by atoms with Crippen LogP contribution in [0.2, 0.25) is 0 Å². The number of aliphatic carboxylic acids is 1. The Morgan fingerprint density at radius 3 is 2.28 bits per heavy atom. The fourth-order valence-electron chi connectivity index (χ4n) is 0.968. The number of nitrogens with zero attached hydrogens (tertiary/aromatic N) is 2. The summed E-state index contributed by atoms with van der Waals surface area (Å²) in [5.74, 6) is -1.25. The Morgan fingerprint density at radius 1 is 1.39 bits per heavy atom. The van der Waals surface area contributed by atoms with Crippen molar-refractivity contribution in [3.8, 4) is 0 Å². The Morgan fingerprint density at radius 2 is 1.94 bits per heavy atom. The molecule has 1 aromatic heterocycles. The monoisotopic (exact) mass is 268 g/mol. The fourth-order valence-corrected chi connectivity index (χ4v) is 0.968. The van der Waals surface area contributed by atoms with Crippen molar-refractivity contribution in [2.24, 2.45) is 0 Å². The van der Waals surface area contributed by atoms with Gasteiger partial charge >= 0.3 is 12.1 Å². The zero-order valence-corrected chi connectivity index (χ0v) is 10.1. The number of carbonyl (C=O) groups is 1. The van der Waals surface area contributed by atoms with Gasteiger partial charge in [-0.15, -0.1) is 0 Å². The van der Waals surface area contributed by atoms with Crippen molar-refractivity contribution in [1.29, 1.82) is 0 Å². The van der Waals surface area contributed by atoms with E-state index in [1.165, 1.54) is 12.8 Å². The lowest BCUT2D eigenvalue weighted by atomic mass is 10.2. The van der Waals surface area contributed by atoms with Gasteiger partial charge < -0.3 is 9.63 Å². The average Bonchev–Trinajstić information content (AvgIpc) is 2.64. The van der Waals surface area contributed by atoms with Crippen molar-refractivity contribution >= 4 is 5.97 Å². The average molecular weight is 268 g/mol. The zero-order valence-electron chi connectivity index (χ0n) is 10.1. The van der Waals surface area contributed by atoms with Crippen LogP contribution in [0.15, 0.2) is 4.52 Å². The minimum Gasteiger partial charge on any atom is -0.475 e. The summed E-state index contributed by atoms with van der Waals surface area (Å²) < 4.78 is 36.7. The van der Waals surface area contributed by atoms with Crippen molar-refractivity contribution in [3.63, 3.8) is 0 Å². The van der Waals surface area contributed by atoms with Gasteiger partial charge in [-0.25, -0.2) is 4.79 Å². The van der Waals surface area contributed by atoms with E-state index in [0.29, 0.717) is 0 Å². The van der Waals surface area contributed by atoms with Crippen molar-refractivity contribution in [1.82, 2.24) is 10.1 Å². The molecule has 104 valence electrons. The molecule has 0 unspecified atom stereocenters. The number of halogens is 3. The number of carboxylic acid groups (broad SMARTS) is 1. The van der Waals surface area contributed by atoms with E-state index in [0.717, 1.165) is 24.6 Å². The van der Waals surface area contributed by atoms with Gasteiger partial charge in [0.15, 0.2) is 5.82 Å². The van der Waals surface area contributed by atoms with Crippen LogP contribution in [0.1, 0.15) is 37.9 Å². The molecule has 0 radical (unpaired) electrons. The predicted molar refractivity (Wildman–Crippen MR) is 56.0 cm³/mol. The SMILES string of the molecule is CCCCCc1nc(C)no1.O=C(O)C(F)(F)F. The first kappa shape index (κ1) is 16.4. The standard InChI is InChI=1S/C8H14N2O.C2HF3O2/c1-3-4-5-6-8-9-7(2)10-11-8;3-2(4,5)1(6)7/h3-6H2,1-2H3;(H,6,7). The number of hydrogen-bond acceptors (Lipinski definition) is 4. The molecule has 8 heteroatoms. The third-order valence-electron chi connectivity index (χ3n) is 1.81. The van der Waals surface area contributed by atoms with Gasteiger partial charge in [0, 0.05) is 6.42 Å². The second kappa shape index (κ2) is 7.67.